The minimum absolute atomic E-state index is 0.0237. The van der Waals surface area contributed by atoms with E-state index in [-0.39, 0.29) is 12.3 Å². The van der Waals surface area contributed by atoms with Crippen LogP contribution in [0.1, 0.15) is 39.5 Å². The van der Waals surface area contributed by atoms with E-state index in [1.807, 2.05) is 18.7 Å². The normalized spacial score (nSPS) is 10.5. The zero-order chi connectivity index (χ0) is 13.1. The maximum atomic E-state index is 11.5. The molecule has 0 radical (unpaired) electrons. The molecule has 0 aliphatic rings. The van der Waals surface area contributed by atoms with Gasteiger partial charge in [0.1, 0.15) is 0 Å². The Bertz CT molecular complexity index is 232. The van der Waals surface area contributed by atoms with Crippen molar-refractivity contribution < 1.29 is 14.7 Å². The molecule has 0 saturated carbocycles. The molecule has 0 heterocycles. The van der Waals surface area contributed by atoms with Gasteiger partial charge in [0.2, 0.25) is 5.91 Å². The summed E-state index contributed by atoms with van der Waals surface area (Å²) in [5.74, 6) is -0.757. The van der Waals surface area contributed by atoms with Gasteiger partial charge in [0.15, 0.2) is 0 Å². The highest BCUT2D eigenvalue weighted by Crippen LogP contribution is 1.97. The monoisotopic (exact) mass is 244 g/mol. The van der Waals surface area contributed by atoms with Gasteiger partial charge < -0.3 is 10.4 Å². The zero-order valence-electron chi connectivity index (χ0n) is 10.9. The van der Waals surface area contributed by atoms with Crippen LogP contribution in [0.15, 0.2) is 0 Å². The van der Waals surface area contributed by atoms with Crippen molar-refractivity contribution in [2.45, 2.75) is 39.5 Å². The molecule has 0 unspecified atom stereocenters. The Hall–Kier alpha value is -1.10. The predicted molar refractivity (Wildman–Crippen MR) is 66.9 cm³/mol. The molecule has 5 nitrogen and oxygen atoms in total. The van der Waals surface area contributed by atoms with Crippen molar-refractivity contribution in [1.82, 2.24) is 10.2 Å². The number of nitrogens with one attached hydrogen (secondary N) is 1. The number of carboxylic acids is 1. The summed E-state index contributed by atoms with van der Waals surface area (Å²) in [4.78, 5) is 23.9. The molecule has 0 aromatic heterocycles. The SMILES string of the molecule is CCCNC(=O)CN(CCC)CCCC(=O)O. The van der Waals surface area contributed by atoms with Crippen molar-refractivity contribution in [2.24, 2.45) is 0 Å². The van der Waals surface area contributed by atoms with Crippen molar-refractivity contribution in [1.29, 1.82) is 0 Å². The van der Waals surface area contributed by atoms with Crippen LogP contribution in [0.25, 0.3) is 0 Å². The second-order valence-corrected chi connectivity index (χ2v) is 4.12. The second kappa shape index (κ2) is 10.1. The number of aliphatic carboxylic acids is 1. The van der Waals surface area contributed by atoms with E-state index in [0.717, 1.165) is 19.4 Å². The minimum atomic E-state index is -0.781. The van der Waals surface area contributed by atoms with Crippen molar-refractivity contribution in [3.05, 3.63) is 0 Å². The summed E-state index contributed by atoms with van der Waals surface area (Å²) in [7, 11) is 0. The highest BCUT2D eigenvalue weighted by atomic mass is 16.4. The fourth-order valence-electron chi connectivity index (χ4n) is 1.56. The van der Waals surface area contributed by atoms with Crippen LogP contribution in [-0.2, 0) is 9.59 Å². The Morgan fingerprint density at radius 1 is 1.18 bits per heavy atom. The summed E-state index contributed by atoms with van der Waals surface area (Å²) in [5.41, 5.74) is 0. The van der Waals surface area contributed by atoms with E-state index in [9.17, 15) is 9.59 Å². The molecule has 17 heavy (non-hydrogen) atoms. The smallest absolute Gasteiger partial charge is 0.303 e. The first-order chi connectivity index (χ1) is 8.10. The number of carbonyl (C=O) groups is 2. The lowest BCUT2D eigenvalue weighted by atomic mass is 10.2. The Morgan fingerprint density at radius 3 is 2.41 bits per heavy atom. The summed E-state index contributed by atoms with van der Waals surface area (Å²) in [6.07, 6.45) is 2.65. The Labute approximate surface area is 103 Å². The second-order valence-electron chi connectivity index (χ2n) is 4.12. The molecule has 5 heteroatoms. The first kappa shape index (κ1) is 15.9. The summed E-state index contributed by atoms with van der Waals surface area (Å²) in [6, 6.07) is 0. The summed E-state index contributed by atoms with van der Waals surface area (Å²) in [6.45, 7) is 6.63. The lowest BCUT2D eigenvalue weighted by molar-refractivity contribution is -0.137. The van der Waals surface area contributed by atoms with Crippen LogP contribution in [0, 0.1) is 0 Å². The number of rotatable bonds is 10. The van der Waals surface area contributed by atoms with Crippen molar-refractivity contribution >= 4 is 11.9 Å². The van der Waals surface area contributed by atoms with Crippen LogP contribution in [0.3, 0.4) is 0 Å². The Balaban J connectivity index is 3.87. The first-order valence-electron chi connectivity index (χ1n) is 6.31. The molecule has 0 aliphatic heterocycles. The van der Waals surface area contributed by atoms with Gasteiger partial charge in [-0.1, -0.05) is 13.8 Å². The van der Waals surface area contributed by atoms with Crippen molar-refractivity contribution in [3.63, 3.8) is 0 Å². The van der Waals surface area contributed by atoms with E-state index >= 15 is 0 Å². The molecule has 0 atom stereocenters. The number of nitrogens with zero attached hydrogens (tertiary/aromatic N) is 1. The molecule has 0 bridgehead atoms. The van der Waals surface area contributed by atoms with Crippen molar-refractivity contribution in [2.75, 3.05) is 26.2 Å². The number of carboxylic acid groups (broad SMARTS) is 1. The molecular weight excluding hydrogens is 220 g/mol. The van der Waals surface area contributed by atoms with E-state index in [0.29, 0.717) is 26.1 Å². The molecule has 0 aliphatic carbocycles. The lowest BCUT2D eigenvalue weighted by Crippen LogP contribution is -2.38. The molecule has 0 saturated heterocycles. The van der Waals surface area contributed by atoms with Crippen LogP contribution >= 0.6 is 0 Å². The molecular formula is C12H24N2O3. The van der Waals surface area contributed by atoms with Gasteiger partial charge >= 0.3 is 5.97 Å². The number of hydrogen-bond acceptors (Lipinski definition) is 3. The fraction of sp³-hybridized carbons (Fsp3) is 0.833. The quantitative estimate of drug-likeness (QED) is 0.603. The highest BCUT2D eigenvalue weighted by Gasteiger charge is 2.09. The molecule has 0 fully saturated rings. The van der Waals surface area contributed by atoms with Gasteiger partial charge in [0.25, 0.3) is 0 Å². The summed E-state index contributed by atoms with van der Waals surface area (Å²) < 4.78 is 0. The first-order valence-corrected chi connectivity index (χ1v) is 6.31. The van der Waals surface area contributed by atoms with Gasteiger partial charge in [-0.25, -0.2) is 0 Å². The van der Waals surface area contributed by atoms with E-state index in [2.05, 4.69) is 5.32 Å². The highest BCUT2D eigenvalue weighted by molar-refractivity contribution is 5.77. The van der Waals surface area contributed by atoms with Crippen LogP contribution in [0.2, 0.25) is 0 Å². The zero-order valence-corrected chi connectivity index (χ0v) is 10.9. The topological polar surface area (TPSA) is 69.6 Å². The van der Waals surface area contributed by atoms with Gasteiger partial charge in [-0.2, -0.15) is 0 Å². The molecule has 100 valence electrons. The summed E-state index contributed by atoms with van der Waals surface area (Å²) >= 11 is 0. The molecule has 0 aromatic carbocycles. The average molecular weight is 244 g/mol. The molecule has 1 amide bonds. The average Bonchev–Trinajstić information content (AvgIpc) is 2.26. The minimum Gasteiger partial charge on any atom is -0.481 e. The maximum absolute atomic E-state index is 11.5. The van der Waals surface area contributed by atoms with Crippen LogP contribution < -0.4 is 5.32 Å². The van der Waals surface area contributed by atoms with Crippen LogP contribution in [0.5, 0.6) is 0 Å². The number of amides is 1. The van der Waals surface area contributed by atoms with E-state index in [1.54, 1.807) is 0 Å². The van der Waals surface area contributed by atoms with Gasteiger partial charge in [0.05, 0.1) is 6.54 Å². The molecule has 2 N–H and O–H groups in total. The van der Waals surface area contributed by atoms with Crippen LogP contribution in [0.4, 0.5) is 0 Å². The van der Waals surface area contributed by atoms with Crippen molar-refractivity contribution in [3.8, 4) is 0 Å². The fourth-order valence-corrected chi connectivity index (χ4v) is 1.56. The molecule has 0 aromatic rings. The van der Waals surface area contributed by atoms with Gasteiger partial charge in [0, 0.05) is 13.0 Å². The standard InChI is InChI=1S/C12H24N2O3/c1-3-7-13-11(15)10-14(8-4-2)9-5-6-12(16)17/h3-10H2,1-2H3,(H,13,15)(H,16,17). The van der Waals surface area contributed by atoms with E-state index < -0.39 is 5.97 Å². The van der Waals surface area contributed by atoms with Gasteiger partial charge in [-0.05, 0) is 32.4 Å². The largest absolute Gasteiger partial charge is 0.481 e. The Morgan fingerprint density at radius 2 is 1.88 bits per heavy atom. The van der Waals surface area contributed by atoms with E-state index in [1.165, 1.54) is 0 Å². The number of carbonyl (C=O) groups excluding carboxylic acids is 1. The maximum Gasteiger partial charge on any atom is 0.303 e. The third-order valence-corrected chi connectivity index (χ3v) is 2.34. The van der Waals surface area contributed by atoms with Gasteiger partial charge in [-0.15, -0.1) is 0 Å². The Kier molecular flexibility index (Phi) is 9.43. The summed E-state index contributed by atoms with van der Waals surface area (Å²) in [5, 5.41) is 11.4. The molecule has 0 rings (SSSR count). The third-order valence-electron chi connectivity index (χ3n) is 2.34. The number of hydrogen-bond donors (Lipinski definition) is 2. The lowest BCUT2D eigenvalue weighted by Gasteiger charge is -2.20. The van der Waals surface area contributed by atoms with Crippen LogP contribution in [-0.4, -0.2) is 48.1 Å². The molecule has 0 spiro atoms. The van der Waals surface area contributed by atoms with Gasteiger partial charge in [-0.3, -0.25) is 14.5 Å². The van der Waals surface area contributed by atoms with E-state index in [4.69, 9.17) is 5.11 Å². The third kappa shape index (κ3) is 9.81. The predicted octanol–water partition coefficient (Wildman–Crippen LogP) is 1.09.